The average molecular weight is 439 g/mol. The van der Waals surface area contributed by atoms with Crippen molar-refractivity contribution in [3.05, 3.63) is 53.6 Å². The number of carbonyl (C=O) groups is 1. The smallest absolute Gasteiger partial charge is 0.227 e. The van der Waals surface area contributed by atoms with Crippen molar-refractivity contribution >= 4 is 17.6 Å². The first kappa shape index (κ1) is 23.4. The lowest BCUT2D eigenvalue weighted by Crippen LogP contribution is -2.37. The second-order valence-corrected chi connectivity index (χ2v) is 7.57. The van der Waals surface area contributed by atoms with Crippen molar-refractivity contribution in [2.45, 2.75) is 39.7 Å². The van der Waals surface area contributed by atoms with Gasteiger partial charge in [-0.05, 0) is 62.1 Å². The van der Waals surface area contributed by atoms with Crippen LogP contribution in [0.4, 0.5) is 5.69 Å². The summed E-state index contributed by atoms with van der Waals surface area (Å²) in [4.78, 5) is 18.1. The van der Waals surface area contributed by atoms with Crippen LogP contribution in [0.5, 0.6) is 11.5 Å². The van der Waals surface area contributed by atoms with Gasteiger partial charge >= 0.3 is 0 Å². The molecule has 0 aliphatic carbocycles. The highest BCUT2D eigenvalue weighted by molar-refractivity contribution is 5.95. The fraction of sp³-hybridized carbons (Fsp3) is 0.440. The van der Waals surface area contributed by atoms with Crippen LogP contribution in [0.25, 0.3) is 0 Å². The fourth-order valence-electron chi connectivity index (χ4n) is 3.70. The summed E-state index contributed by atoms with van der Waals surface area (Å²) in [5, 5.41) is 6.70. The third kappa shape index (κ3) is 6.39. The second-order valence-electron chi connectivity index (χ2n) is 7.57. The van der Waals surface area contributed by atoms with E-state index < -0.39 is 0 Å². The second kappa shape index (κ2) is 12.0. The van der Waals surface area contributed by atoms with Crippen LogP contribution in [0.2, 0.25) is 0 Å². The summed E-state index contributed by atoms with van der Waals surface area (Å²) < 4.78 is 11.3. The number of benzene rings is 2. The Morgan fingerprint density at radius 2 is 1.72 bits per heavy atom. The molecule has 32 heavy (non-hydrogen) atoms. The number of carbonyl (C=O) groups excluding carboxylic acids is 1. The van der Waals surface area contributed by atoms with Crippen LogP contribution in [0.15, 0.2) is 47.5 Å². The Labute approximate surface area is 190 Å². The van der Waals surface area contributed by atoms with Gasteiger partial charge in [-0.1, -0.05) is 18.2 Å². The number of anilines is 1. The van der Waals surface area contributed by atoms with E-state index in [-0.39, 0.29) is 5.91 Å². The van der Waals surface area contributed by atoms with Gasteiger partial charge in [0, 0.05) is 38.8 Å². The van der Waals surface area contributed by atoms with E-state index in [4.69, 9.17) is 9.47 Å². The number of hydrogen-bond acceptors (Lipinski definition) is 4. The number of rotatable bonds is 10. The van der Waals surface area contributed by atoms with Crippen LogP contribution in [-0.4, -0.2) is 45.2 Å². The molecule has 3 rings (SSSR count). The number of amides is 1. The summed E-state index contributed by atoms with van der Waals surface area (Å²) in [7, 11) is 1.77. The number of ether oxygens (including phenoxy) is 2. The van der Waals surface area contributed by atoms with Crippen molar-refractivity contribution in [1.82, 2.24) is 10.6 Å². The zero-order chi connectivity index (χ0) is 22.8. The molecule has 0 bridgehead atoms. The lowest BCUT2D eigenvalue weighted by atomic mass is 10.1. The molecule has 1 amide bonds. The molecule has 1 aliphatic rings. The molecule has 172 valence electrons. The molecule has 1 heterocycles. The Hall–Kier alpha value is -3.22. The Balaban J connectivity index is 1.47. The standard InChI is InChI=1S/C25H34N4O3/c1-4-31-22-13-10-19(17-23(22)32-5-2)14-15-27-25(26-3)28-18-20-8-11-21(12-9-20)29-16-6-7-24(29)30/h8-13,17H,4-7,14-16,18H2,1-3H3,(H2,26,27,28). The summed E-state index contributed by atoms with van der Waals surface area (Å²) in [6.45, 7) is 7.37. The Kier molecular flexibility index (Phi) is 8.78. The summed E-state index contributed by atoms with van der Waals surface area (Å²) in [5.41, 5.74) is 3.28. The topological polar surface area (TPSA) is 75.2 Å². The van der Waals surface area contributed by atoms with Gasteiger partial charge in [-0.15, -0.1) is 0 Å². The van der Waals surface area contributed by atoms with Gasteiger partial charge in [-0.25, -0.2) is 0 Å². The Morgan fingerprint density at radius 1 is 1.00 bits per heavy atom. The predicted molar refractivity (Wildman–Crippen MR) is 129 cm³/mol. The number of guanidine groups is 1. The molecule has 0 radical (unpaired) electrons. The first-order valence-electron chi connectivity index (χ1n) is 11.4. The van der Waals surface area contributed by atoms with E-state index in [9.17, 15) is 4.79 Å². The lowest BCUT2D eigenvalue weighted by Gasteiger charge is -2.16. The van der Waals surface area contributed by atoms with Gasteiger partial charge in [0.05, 0.1) is 13.2 Å². The van der Waals surface area contributed by atoms with Crippen molar-refractivity contribution in [3.8, 4) is 11.5 Å². The van der Waals surface area contributed by atoms with Crippen molar-refractivity contribution in [1.29, 1.82) is 0 Å². The predicted octanol–water partition coefficient (Wildman–Crippen LogP) is 3.52. The zero-order valence-corrected chi connectivity index (χ0v) is 19.3. The third-order valence-corrected chi connectivity index (χ3v) is 5.32. The van der Waals surface area contributed by atoms with Crippen molar-refractivity contribution in [2.24, 2.45) is 4.99 Å². The molecule has 0 spiro atoms. The normalized spacial score (nSPS) is 13.9. The van der Waals surface area contributed by atoms with Crippen LogP contribution < -0.4 is 25.0 Å². The number of aliphatic imine (C=N–C) groups is 1. The maximum Gasteiger partial charge on any atom is 0.227 e. The van der Waals surface area contributed by atoms with Gasteiger partial charge in [0.15, 0.2) is 17.5 Å². The number of nitrogens with one attached hydrogen (secondary N) is 2. The van der Waals surface area contributed by atoms with E-state index in [1.807, 2.05) is 43.0 Å². The van der Waals surface area contributed by atoms with Crippen molar-refractivity contribution in [3.63, 3.8) is 0 Å². The average Bonchev–Trinajstić information content (AvgIpc) is 3.24. The molecule has 2 aromatic rings. The van der Waals surface area contributed by atoms with Crippen LogP contribution >= 0.6 is 0 Å². The maximum absolute atomic E-state index is 11.9. The molecule has 1 aliphatic heterocycles. The van der Waals surface area contributed by atoms with Crippen LogP contribution in [-0.2, 0) is 17.8 Å². The quantitative estimate of drug-likeness (QED) is 0.439. The summed E-state index contributed by atoms with van der Waals surface area (Å²) in [5.74, 6) is 2.53. The van der Waals surface area contributed by atoms with Crippen molar-refractivity contribution < 1.29 is 14.3 Å². The molecule has 2 aromatic carbocycles. The minimum atomic E-state index is 0.210. The van der Waals surface area contributed by atoms with Gasteiger partial charge in [0.2, 0.25) is 5.91 Å². The van der Waals surface area contributed by atoms with Gasteiger partial charge in [0.25, 0.3) is 0 Å². The van der Waals surface area contributed by atoms with Crippen molar-refractivity contribution in [2.75, 3.05) is 38.3 Å². The Morgan fingerprint density at radius 3 is 2.38 bits per heavy atom. The Bertz CT molecular complexity index is 912. The number of nitrogens with zero attached hydrogens (tertiary/aromatic N) is 2. The minimum absolute atomic E-state index is 0.210. The molecule has 2 N–H and O–H groups in total. The van der Waals surface area contributed by atoms with E-state index in [1.165, 1.54) is 5.56 Å². The minimum Gasteiger partial charge on any atom is -0.490 e. The lowest BCUT2D eigenvalue weighted by molar-refractivity contribution is -0.117. The molecule has 7 heteroatoms. The van der Waals surface area contributed by atoms with E-state index in [1.54, 1.807) is 7.05 Å². The summed E-state index contributed by atoms with van der Waals surface area (Å²) in [6, 6.07) is 14.2. The van der Waals surface area contributed by atoms with Gasteiger partial charge in [0.1, 0.15) is 0 Å². The van der Waals surface area contributed by atoms with E-state index in [2.05, 4.69) is 33.8 Å². The van der Waals surface area contributed by atoms with Crippen LogP contribution in [0.1, 0.15) is 37.8 Å². The third-order valence-electron chi connectivity index (χ3n) is 5.32. The molecule has 0 atom stereocenters. The molecular formula is C25H34N4O3. The highest BCUT2D eigenvalue weighted by atomic mass is 16.5. The highest BCUT2D eigenvalue weighted by Gasteiger charge is 2.21. The zero-order valence-electron chi connectivity index (χ0n) is 19.3. The molecule has 0 aromatic heterocycles. The molecule has 0 saturated carbocycles. The maximum atomic E-state index is 11.9. The van der Waals surface area contributed by atoms with E-state index >= 15 is 0 Å². The van der Waals surface area contributed by atoms with Crippen LogP contribution in [0.3, 0.4) is 0 Å². The van der Waals surface area contributed by atoms with Gasteiger partial charge in [-0.3, -0.25) is 9.79 Å². The van der Waals surface area contributed by atoms with Gasteiger partial charge in [-0.2, -0.15) is 0 Å². The molecule has 7 nitrogen and oxygen atoms in total. The summed E-state index contributed by atoms with van der Waals surface area (Å²) in [6.07, 6.45) is 2.42. The summed E-state index contributed by atoms with van der Waals surface area (Å²) >= 11 is 0. The molecule has 0 unspecified atom stereocenters. The molecule has 1 saturated heterocycles. The fourth-order valence-corrected chi connectivity index (χ4v) is 3.70. The monoisotopic (exact) mass is 438 g/mol. The number of hydrogen-bond donors (Lipinski definition) is 2. The van der Waals surface area contributed by atoms with Crippen LogP contribution in [0, 0.1) is 0 Å². The first-order chi connectivity index (χ1) is 15.6. The first-order valence-corrected chi connectivity index (χ1v) is 11.4. The largest absolute Gasteiger partial charge is 0.490 e. The molecule has 1 fully saturated rings. The van der Waals surface area contributed by atoms with E-state index in [0.29, 0.717) is 26.2 Å². The molecular weight excluding hydrogens is 404 g/mol. The van der Waals surface area contributed by atoms with E-state index in [0.717, 1.165) is 54.6 Å². The SMILES string of the molecule is CCOc1ccc(CCNC(=NC)NCc2ccc(N3CCCC3=O)cc2)cc1OCC. The highest BCUT2D eigenvalue weighted by Crippen LogP contribution is 2.28. The van der Waals surface area contributed by atoms with Gasteiger partial charge < -0.3 is 25.0 Å².